The van der Waals surface area contributed by atoms with Gasteiger partial charge in [-0.05, 0) is 67.9 Å². The third kappa shape index (κ3) is 2.09. The minimum Gasteiger partial charge on any atom is -0.495 e. The highest BCUT2D eigenvalue weighted by molar-refractivity contribution is 5.67. The minimum absolute atomic E-state index is 0.529. The van der Waals surface area contributed by atoms with Crippen LogP contribution in [-0.4, -0.2) is 13.2 Å². The zero-order valence-electron chi connectivity index (χ0n) is 12.5. The van der Waals surface area contributed by atoms with Crippen LogP contribution in [0.15, 0.2) is 18.2 Å². The van der Waals surface area contributed by atoms with Crippen LogP contribution in [0.3, 0.4) is 0 Å². The maximum Gasteiger partial charge on any atom is 0.143 e. The van der Waals surface area contributed by atoms with E-state index in [0.29, 0.717) is 11.6 Å². The maximum atomic E-state index is 9.37. The van der Waals surface area contributed by atoms with E-state index >= 15 is 0 Å². The summed E-state index contributed by atoms with van der Waals surface area (Å²) in [5.74, 6) is 4.32. The molecule has 0 heterocycles. The van der Waals surface area contributed by atoms with Crippen molar-refractivity contribution in [3.05, 3.63) is 23.8 Å². The molecule has 0 aliphatic heterocycles. The average Bonchev–Trinajstić information content (AvgIpc) is 2.50. The van der Waals surface area contributed by atoms with Gasteiger partial charge in [0.2, 0.25) is 0 Å². The zero-order valence-corrected chi connectivity index (χ0v) is 12.5. The van der Waals surface area contributed by atoms with E-state index in [9.17, 15) is 5.26 Å². The number of para-hydroxylation sites is 1. The first kappa shape index (κ1) is 13.0. The summed E-state index contributed by atoms with van der Waals surface area (Å²) in [6, 6.07) is 8.54. The molecule has 4 aliphatic rings. The second-order valence-corrected chi connectivity index (χ2v) is 7.10. The number of anilines is 1. The largest absolute Gasteiger partial charge is 0.495 e. The molecule has 4 aliphatic carbocycles. The number of methoxy groups -OCH3 is 1. The second-order valence-electron chi connectivity index (χ2n) is 7.10. The van der Waals surface area contributed by atoms with Gasteiger partial charge in [-0.2, -0.15) is 5.26 Å². The Balaban J connectivity index is 1.63. The van der Waals surface area contributed by atoms with Gasteiger partial charge in [0.15, 0.2) is 0 Å². The molecular formula is C18H22N2O. The first-order valence-corrected chi connectivity index (χ1v) is 8.12. The van der Waals surface area contributed by atoms with Crippen molar-refractivity contribution >= 4 is 5.69 Å². The number of nitrogens with one attached hydrogen (secondary N) is 1. The van der Waals surface area contributed by atoms with Crippen molar-refractivity contribution in [2.75, 3.05) is 12.4 Å². The van der Waals surface area contributed by atoms with Crippen LogP contribution in [0.2, 0.25) is 0 Å². The molecule has 21 heavy (non-hydrogen) atoms. The Morgan fingerprint density at radius 2 is 1.76 bits per heavy atom. The zero-order chi connectivity index (χ0) is 14.4. The van der Waals surface area contributed by atoms with Gasteiger partial charge in [-0.3, -0.25) is 0 Å². The number of hydrogen-bond acceptors (Lipinski definition) is 3. The molecule has 1 aromatic carbocycles. The van der Waals surface area contributed by atoms with Gasteiger partial charge in [0, 0.05) is 6.04 Å². The molecule has 0 radical (unpaired) electrons. The van der Waals surface area contributed by atoms with Crippen molar-refractivity contribution in [2.45, 2.75) is 38.1 Å². The summed E-state index contributed by atoms with van der Waals surface area (Å²) >= 11 is 0. The van der Waals surface area contributed by atoms with Crippen molar-refractivity contribution in [1.82, 2.24) is 0 Å². The van der Waals surface area contributed by atoms with Crippen molar-refractivity contribution < 1.29 is 4.74 Å². The highest BCUT2D eigenvalue weighted by Crippen LogP contribution is 2.54. The maximum absolute atomic E-state index is 9.37. The van der Waals surface area contributed by atoms with E-state index in [4.69, 9.17) is 4.74 Å². The van der Waals surface area contributed by atoms with Gasteiger partial charge < -0.3 is 10.1 Å². The summed E-state index contributed by atoms with van der Waals surface area (Å²) in [4.78, 5) is 0. The predicted octanol–water partition coefficient (Wildman–Crippen LogP) is 3.80. The Morgan fingerprint density at radius 3 is 2.33 bits per heavy atom. The molecule has 0 spiro atoms. The first-order valence-electron chi connectivity index (χ1n) is 8.12. The molecule has 3 heteroatoms. The highest BCUT2D eigenvalue weighted by Gasteiger charge is 2.48. The second kappa shape index (κ2) is 4.94. The molecule has 1 aromatic rings. The van der Waals surface area contributed by atoms with Crippen LogP contribution in [0.5, 0.6) is 5.75 Å². The van der Waals surface area contributed by atoms with Crippen LogP contribution in [0, 0.1) is 35.0 Å². The topological polar surface area (TPSA) is 45.0 Å². The summed E-state index contributed by atoms with van der Waals surface area (Å²) in [6.45, 7) is 0. The monoisotopic (exact) mass is 282 g/mol. The van der Waals surface area contributed by atoms with Crippen LogP contribution in [0.1, 0.15) is 37.7 Å². The lowest BCUT2D eigenvalue weighted by Crippen LogP contribution is -2.51. The molecule has 0 saturated heterocycles. The van der Waals surface area contributed by atoms with Crippen LogP contribution in [0.4, 0.5) is 5.69 Å². The minimum atomic E-state index is 0.529. The lowest BCUT2D eigenvalue weighted by molar-refractivity contribution is 0.00747. The van der Waals surface area contributed by atoms with E-state index in [0.717, 1.165) is 35.1 Å². The Morgan fingerprint density at radius 1 is 1.10 bits per heavy atom. The van der Waals surface area contributed by atoms with Gasteiger partial charge in [0.1, 0.15) is 11.8 Å². The third-order valence-corrected chi connectivity index (χ3v) is 5.90. The Hall–Kier alpha value is -1.69. The molecule has 3 nitrogen and oxygen atoms in total. The summed E-state index contributed by atoms with van der Waals surface area (Å²) < 4.78 is 5.47. The number of rotatable bonds is 3. The number of hydrogen-bond donors (Lipinski definition) is 1. The molecule has 0 amide bonds. The van der Waals surface area contributed by atoms with E-state index in [-0.39, 0.29) is 0 Å². The smallest absolute Gasteiger partial charge is 0.143 e. The Bertz CT molecular complexity index is 561. The molecule has 1 N–H and O–H groups in total. The molecule has 0 aromatic heterocycles. The van der Waals surface area contributed by atoms with Crippen LogP contribution >= 0.6 is 0 Å². The molecule has 110 valence electrons. The summed E-state index contributed by atoms with van der Waals surface area (Å²) in [5, 5.41) is 13.1. The predicted molar refractivity (Wildman–Crippen MR) is 82.2 cm³/mol. The summed E-state index contributed by atoms with van der Waals surface area (Å²) in [7, 11) is 1.68. The van der Waals surface area contributed by atoms with Gasteiger partial charge in [0.25, 0.3) is 0 Å². The molecule has 4 saturated carbocycles. The van der Waals surface area contributed by atoms with Gasteiger partial charge in [-0.25, -0.2) is 0 Å². The molecule has 0 unspecified atom stereocenters. The first-order chi connectivity index (χ1) is 10.3. The van der Waals surface area contributed by atoms with Crippen molar-refractivity contribution in [3.8, 4) is 11.8 Å². The number of nitriles is 1. The van der Waals surface area contributed by atoms with E-state index in [2.05, 4.69) is 11.4 Å². The van der Waals surface area contributed by atoms with Gasteiger partial charge >= 0.3 is 0 Å². The van der Waals surface area contributed by atoms with Crippen molar-refractivity contribution in [1.29, 1.82) is 5.26 Å². The van der Waals surface area contributed by atoms with Crippen molar-refractivity contribution in [3.63, 3.8) is 0 Å². The lowest BCUT2D eigenvalue weighted by atomic mass is 9.54. The lowest BCUT2D eigenvalue weighted by Gasteiger charge is -2.54. The van der Waals surface area contributed by atoms with Crippen LogP contribution in [0.25, 0.3) is 0 Å². The van der Waals surface area contributed by atoms with E-state index in [1.54, 1.807) is 7.11 Å². The van der Waals surface area contributed by atoms with E-state index in [1.807, 2.05) is 18.2 Å². The number of nitrogens with zero attached hydrogens (tertiary/aromatic N) is 1. The average molecular weight is 282 g/mol. The molecule has 5 rings (SSSR count). The fourth-order valence-corrected chi connectivity index (χ4v) is 5.27. The van der Waals surface area contributed by atoms with Gasteiger partial charge in [0.05, 0.1) is 18.4 Å². The molecule has 0 atom stereocenters. The number of benzene rings is 1. The van der Waals surface area contributed by atoms with Crippen LogP contribution < -0.4 is 10.1 Å². The van der Waals surface area contributed by atoms with E-state index in [1.165, 1.54) is 32.1 Å². The fraction of sp³-hybridized carbons (Fsp3) is 0.611. The van der Waals surface area contributed by atoms with Gasteiger partial charge in [-0.1, -0.05) is 6.07 Å². The van der Waals surface area contributed by atoms with Crippen LogP contribution in [-0.2, 0) is 0 Å². The third-order valence-electron chi connectivity index (χ3n) is 5.90. The molecule has 4 bridgehead atoms. The van der Waals surface area contributed by atoms with Gasteiger partial charge in [-0.15, -0.1) is 0 Å². The highest BCUT2D eigenvalue weighted by atomic mass is 16.5. The van der Waals surface area contributed by atoms with E-state index < -0.39 is 0 Å². The Kier molecular flexibility index (Phi) is 3.06. The Labute approximate surface area is 126 Å². The molecule has 4 fully saturated rings. The quantitative estimate of drug-likeness (QED) is 0.917. The summed E-state index contributed by atoms with van der Waals surface area (Å²) in [5.41, 5.74) is 1.60. The standard InChI is InChI=1S/C18H22N2O/c1-21-16-4-2-3-13(10-19)18(16)20-17-14-6-11-5-12(8-14)9-15(17)7-11/h2-4,11-12,14-15,17,20H,5-9H2,1H3. The SMILES string of the molecule is COc1cccc(C#N)c1NC1C2CC3CC(C2)CC1C3. The van der Waals surface area contributed by atoms with Crippen molar-refractivity contribution in [2.24, 2.45) is 23.7 Å². The summed E-state index contributed by atoms with van der Waals surface area (Å²) in [6.07, 6.45) is 6.98. The fourth-order valence-electron chi connectivity index (χ4n) is 5.27. The molecular weight excluding hydrogens is 260 g/mol. The normalized spacial score (nSPS) is 36.3. The number of ether oxygens (including phenoxy) is 1.